The Bertz CT molecular complexity index is 225. The van der Waals surface area contributed by atoms with Crippen LogP contribution < -0.4 is 0 Å². The second kappa shape index (κ2) is 6.53. The SMILES string of the molecule is CC1COC(CO)CN1CCOCC(F)(F)F. The third kappa shape index (κ3) is 5.67. The lowest BCUT2D eigenvalue weighted by Crippen LogP contribution is -2.50. The Morgan fingerprint density at radius 2 is 2.18 bits per heavy atom. The Labute approximate surface area is 98.3 Å². The number of halogens is 3. The Balaban J connectivity index is 2.20. The van der Waals surface area contributed by atoms with Gasteiger partial charge in [0.25, 0.3) is 0 Å². The van der Waals surface area contributed by atoms with E-state index in [9.17, 15) is 13.2 Å². The van der Waals surface area contributed by atoms with Gasteiger partial charge in [0.05, 0.1) is 25.9 Å². The summed E-state index contributed by atoms with van der Waals surface area (Å²) >= 11 is 0. The minimum Gasteiger partial charge on any atom is -0.394 e. The first-order valence-corrected chi connectivity index (χ1v) is 5.53. The van der Waals surface area contributed by atoms with Gasteiger partial charge >= 0.3 is 6.18 Å². The summed E-state index contributed by atoms with van der Waals surface area (Å²) in [5.74, 6) is 0. The van der Waals surface area contributed by atoms with Crippen molar-refractivity contribution in [2.75, 3.05) is 39.5 Å². The number of aliphatic hydroxyl groups is 1. The summed E-state index contributed by atoms with van der Waals surface area (Å²) < 4.78 is 45.3. The zero-order valence-corrected chi connectivity index (χ0v) is 9.74. The minimum atomic E-state index is -4.27. The normalized spacial score (nSPS) is 27.4. The van der Waals surface area contributed by atoms with Gasteiger partial charge in [-0.1, -0.05) is 0 Å². The Kier molecular flexibility index (Phi) is 5.64. The van der Waals surface area contributed by atoms with Crippen LogP contribution in [-0.4, -0.2) is 67.8 Å². The molecule has 4 nitrogen and oxygen atoms in total. The van der Waals surface area contributed by atoms with Gasteiger partial charge in [-0.15, -0.1) is 0 Å². The quantitative estimate of drug-likeness (QED) is 0.734. The van der Waals surface area contributed by atoms with Crippen molar-refractivity contribution in [3.8, 4) is 0 Å². The molecular formula is C10H18F3NO3. The van der Waals surface area contributed by atoms with Gasteiger partial charge in [-0.3, -0.25) is 4.90 Å². The number of alkyl halides is 3. The molecule has 1 saturated heterocycles. The summed E-state index contributed by atoms with van der Waals surface area (Å²) in [6, 6.07) is 0.132. The van der Waals surface area contributed by atoms with Crippen molar-refractivity contribution < 1.29 is 27.8 Å². The summed E-state index contributed by atoms with van der Waals surface area (Å²) in [4.78, 5) is 1.96. The van der Waals surface area contributed by atoms with Crippen LogP contribution >= 0.6 is 0 Å². The summed E-state index contributed by atoms with van der Waals surface area (Å²) in [5, 5.41) is 8.94. The lowest BCUT2D eigenvalue weighted by atomic mass is 10.2. The fourth-order valence-electron chi connectivity index (χ4n) is 1.67. The Morgan fingerprint density at radius 3 is 2.76 bits per heavy atom. The molecule has 1 heterocycles. The third-order valence-corrected chi connectivity index (χ3v) is 2.63. The van der Waals surface area contributed by atoms with Crippen LogP contribution in [0.1, 0.15) is 6.92 Å². The van der Waals surface area contributed by atoms with E-state index < -0.39 is 12.8 Å². The second-order valence-corrected chi connectivity index (χ2v) is 4.15. The highest BCUT2D eigenvalue weighted by Crippen LogP contribution is 2.15. The van der Waals surface area contributed by atoms with Gasteiger partial charge in [-0.05, 0) is 6.92 Å². The van der Waals surface area contributed by atoms with Crippen molar-refractivity contribution in [1.82, 2.24) is 4.90 Å². The molecule has 102 valence electrons. The molecule has 0 bridgehead atoms. The van der Waals surface area contributed by atoms with Gasteiger partial charge in [0.1, 0.15) is 6.61 Å². The number of ether oxygens (including phenoxy) is 2. The molecule has 0 amide bonds. The van der Waals surface area contributed by atoms with E-state index in [1.165, 1.54) is 0 Å². The molecule has 0 spiro atoms. The maximum Gasteiger partial charge on any atom is 0.411 e. The van der Waals surface area contributed by atoms with Crippen molar-refractivity contribution in [2.24, 2.45) is 0 Å². The highest BCUT2D eigenvalue weighted by atomic mass is 19.4. The summed E-state index contributed by atoms with van der Waals surface area (Å²) in [6.45, 7) is 2.08. The first kappa shape index (κ1) is 14.7. The van der Waals surface area contributed by atoms with Crippen molar-refractivity contribution in [2.45, 2.75) is 25.2 Å². The first-order chi connectivity index (χ1) is 7.92. The van der Waals surface area contributed by atoms with Crippen LogP contribution in [0.5, 0.6) is 0 Å². The molecule has 0 saturated carbocycles. The highest BCUT2D eigenvalue weighted by molar-refractivity contribution is 4.76. The number of aliphatic hydroxyl groups excluding tert-OH is 1. The molecule has 0 aromatic heterocycles. The molecule has 1 rings (SSSR count). The van der Waals surface area contributed by atoms with Crippen molar-refractivity contribution in [3.05, 3.63) is 0 Å². The summed E-state index contributed by atoms with van der Waals surface area (Å²) in [6.07, 6.45) is -4.53. The average molecular weight is 257 g/mol. The zero-order valence-electron chi connectivity index (χ0n) is 9.74. The van der Waals surface area contributed by atoms with E-state index in [2.05, 4.69) is 4.74 Å². The summed E-state index contributed by atoms with van der Waals surface area (Å²) in [5.41, 5.74) is 0. The largest absolute Gasteiger partial charge is 0.411 e. The van der Waals surface area contributed by atoms with Gasteiger partial charge in [-0.2, -0.15) is 13.2 Å². The minimum absolute atomic E-state index is 0.0298. The number of hydrogen-bond donors (Lipinski definition) is 1. The van der Waals surface area contributed by atoms with E-state index in [4.69, 9.17) is 9.84 Å². The maximum absolute atomic E-state index is 11.8. The van der Waals surface area contributed by atoms with Crippen LogP contribution in [0.4, 0.5) is 13.2 Å². The molecule has 1 N–H and O–H groups in total. The Hall–Kier alpha value is -0.370. The van der Waals surface area contributed by atoms with Crippen molar-refractivity contribution in [3.63, 3.8) is 0 Å². The fourth-order valence-corrected chi connectivity index (χ4v) is 1.67. The topological polar surface area (TPSA) is 41.9 Å². The smallest absolute Gasteiger partial charge is 0.394 e. The monoisotopic (exact) mass is 257 g/mol. The highest BCUT2D eigenvalue weighted by Gasteiger charge is 2.28. The molecule has 17 heavy (non-hydrogen) atoms. The fraction of sp³-hybridized carbons (Fsp3) is 1.00. The molecular weight excluding hydrogens is 239 g/mol. The maximum atomic E-state index is 11.8. The average Bonchev–Trinajstić information content (AvgIpc) is 2.25. The van der Waals surface area contributed by atoms with E-state index in [1.807, 2.05) is 11.8 Å². The van der Waals surface area contributed by atoms with Crippen LogP contribution in [0.25, 0.3) is 0 Å². The Morgan fingerprint density at radius 1 is 1.47 bits per heavy atom. The molecule has 0 aromatic rings. The molecule has 1 fully saturated rings. The standard InChI is InChI=1S/C10H18F3NO3/c1-8-6-17-9(5-15)4-14(8)2-3-16-7-10(11,12)13/h8-9,15H,2-7H2,1H3. The first-order valence-electron chi connectivity index (χ1n) is 5.53. The van der Waals surface area contributed by atoms with Gasteiger partial charge in [0, 0.05) is 19.1 Å². The van der Waals surface area contributed by atoms with E-state index in [0.29, 0.717) is 19.7 Å². The van der Waals surface area contributed by atoms with Gasteiger partial charge in [-0.25, -0.2) is 0 Å². The van der Waals surface area contributed by atoms with E-state index in [-0.39, 0.29) is 25.4 Å². The molecule has 2 unspecified atom stereocenters. The number of morpholine rings is 1. The van der Waals surface area contributed by atoms with Gasteiger partial charge in [0.15, 0.2) is 0 Å². The zero-order chi connectivity index (χ0) is 12.9. The molecule has 1 aliphatic rings. The van der Waals surface area contributed by atoms with E-state index in [1.54, 1.807) is 0 Å². The third-order valence-electron chi connectivity index (χ3n) is 2.63. The molecule has 7 heteroatoms. The molecule has 0 aliphatic carbocycles. The number of rotatable bonds is 5. The van der Waals surface area contributed by atoms with Gasteiger partial charge < -0.3 is 14.6 Å². The van der Waals surface area contributed by atoms with E-state index >= 15 is 0 Å². The molecule has 1 aliphatic heterocycles. The van der Waals surface area contributed by atoms with Gasteiger partial charge in [0.2, 0.25) is 0 Å². The predicted octanol–water partition coefficient (Wildman–Crippen LogP) is 0.647. The number of nitrogens with zero attached hydrogens (tertiary/aromatic N) is 1. The lowest BCUT2D eigenvalue weighted by molar-refractivity contribution is -0.176. The number of hydrogen-bond acceptors (Lipinski definition) is 4. The van der Waals surface area contributed by atoms with Crippen molar-refractivity contribution in [1.29, 1.82) is 0 Å². The van der Waals surface area contributed by atoms with Crippen molar-refractivity contribution >= 4 is 0 Å². The lowest BCUT2D eigenvalue weighted by Gasteiger charge is -2.37. The summed E-state index contributed by atoms with van der Waals surface area (Å²) in [7, 11) is 0. The van der Waals surface area contributed by atoms with Crippen LogP contribution in [-0.2, 0) is 9.47 Å². The second-order valence-electron chi connectivity index (χ2n) is 4.15. The molecule has 0 radical (unpaired) electrons. The van der Waals surface area contributed by atoms with Crippen LogP contribution in [0.2, 0.25) is 0 Å². The van der Waals surface area contributed by atoms with Crippen LogP contribution in [0.3, 0.4) is 0 Å². The van der Waals surface area contributed by atoms with E-state index in [0.717, 1.165) is 0 Å². The predicted molar refractivity (Wildman–Crippen MR) is 54.7 cm³/mol. The van der Waals surface area contributed by atoms with Crippen LogP contribution in [0.15, 0.2) is 0 Å². The molecule has 0 aromatic carbocycles. The molecule has 2 atom stereocenters. The van der Waals surface area contributed by atoms with Crippen LogP contribution in [0, 0.1) is 0 Å².